The standard InChI is InChI=1S/C17H33NO2/c1-3-4-5-6-7-8-9-10-12-18-13-11-16(17(19)20)14-15(18)2/h15-16H,3-14H2,1-2H3,(H,19,20). The van der Waals surface area contributed by atoms with Gasteiger partial charge in [0.2, 0.25) is 0 Å². The first kappa shape index (κ1) is 17.5. The van der Waals surface area contributed by atoms with Gasteiger partial charge in [-0.25, -0.2) is 0 Å². The van der Waals surface area contributed by atoms with Gasteiger partial charge in [0.25, 0.3) is 0 Å². The van der Waals surface area contributed by atoms with Crippen molar-refractivity contribution in [2.75, 3.05) is 13.1 Å². The van der Waals surface area contributed by atoms with E-state index in [0.29, 0.717) is 6.04 Å². The molecule has 1 saturated heterocycles. The molecule has 0 saturated carbocycles. The van der Waals surface area contributed by atoms with Crippen molar-refractivity contribution in [3.63, 3.8) is 0 Å². The minimum absolute atomic E-state index is 0.111. The second-order valence-electron chi connectivity index (χ2n) is 6.42. The molecule has 0 aromatic rings. The van der Waals surface area contributed by atoms with E-state index in [1.54, 1.807) is 0 Å². The van der Waals surface area contributed by atoms with E-state index in [4.69, 9.17) is 5.11 Å². The first-order valence-corrected chi connectivity index (χ1v) is 8.62. The maximum Gasteiger partial charge on any atom is 0.306 e. The number of hydrogen-bond acceptors (Lipinski definition) is 2. The predicted octanol–water partition coefficient (Wildman–Crippen LogP) is 4.31. The summed E-state index contributed by atoms with van der Waals surface area (Å²) < 4.78 is 0. The van der Waals surface area contributed by atoms with E-state index in [9.17, 15) is 4.79 Å². The highest BCUT2D eigenvalue weighted by atomic mass is 16.4. The van der Waals surface area contributed by atoms with Crippen LogP contribution < -0.4 is 0 Å². The van der Waals surface area contributed by atoms with Crippen LogP contribution in [0.3, 0.4) is 0 Å². The van der Waals surface area contributed by atoms with Crippen molar-refractivity contribution in [2.45, 2.75) is 84.1 Å². The second-order valence-corrected chi connectivity index (χ2v) is 6.42. The van der Waals surface area contributed by atoms with E-state index >= 15 is 0 Å². The first-order chi connectivity index (χ1) is 9.65. The summed E-state index contributed by atoms with van der Waals surface area (Å²) in [6.45, 7) is 6.56. The molecule has 0 amide bonds. The molecule has 0 aromatic carbocycles. The fourth-order valence-corrected chi connectivity index (χ4v) is 3.23. The maximum atomic E-state index is 11.0. The van der Waals surface area contributed by atoms with E-state index < -0.39 is 5.97 Å². The third-order valence-corrected chi connectivity index (χ3v) is 4.66. The Morgan fingerprint density at radius 3 is 2.25 bits per heavy atom. The minimum atomic E-state index is -0.608. The summed E-state index contributed by atoms with van der Waals surface area (Å²) in [5.74, 6) is -0.719. The lowest BCUT2D eigenvalue weighted by atomic mass is 9.91. The van der Waals surface area contributed by atoms with Gasteiger partial charge >= 0.3 is 5.97 Å². The molecule has 1 fully saturated rings. The Bertz CT molecular complexity index is 268. The van der Waals surface area contributed by atoms with Crippen molar-refractivity contribution in [1.29, 1.82) is 0 Å². The van der Waals surface area contributed by atoms with Crippen LogP contribution in [0, 0.1) is 5.92 Å². The number of aliphatic carboxylic acids is 1. The van der Waals surface area contributed by atoms with Gasteiger partial charge in [-0.15, -0.1) is 0 Å². The molecule has 0 aromatic heterocycles. The largest absolute Gasteiger partial charge is 0.481 e. The lowest BCUT2D eigenvalue weighted by molar-refractivity contribution is -0.144. The number of rotatable bonds is 10. The van der Waals surface area contributed by atoms with Gasteiger partial charge in [-0.05, 0) is 39.3 Å². The van der Waals surface area contributed by atoms with Gasteiger partial charge < -0.3 is 10.0 Å². The van der Waals surface area contributed by atoms with Crippen molar-refractivity contribution < 1.29 is 9.90 Å². The smallest absolute Gasteiger partial charge is 0.306 e. The number of carboxylic acid groups (broad SMARTS) is 1. The van der Waals surface area contributed by atoms with Crippen LogP contribution in [0.25, 0.3) is 0 Å². The fourth-order valence-electron chi connectivity index (χ4n) is 3.23. The Balaban J connectivity index is 2.01. The molecule has 0 aliphatic carbocycles. The zero-order valence-corrected chi connectivity index (χ0v) is 13.4. The van der Waals surface area contributed by atoms with Crippen LogP contribution in [-0.2, 0) is 4.79 Å². The van der Waals surface area contributed by atoms with E-state index in [0.717, 1.165) is 25.9 Å². The van der Waals surface area contributed by atoms with Gasteiger partial charge in [0.15, 0.2) is 0 Å². The number of nitrogens with zero attached hydrogens (tertiary/aromatic N) is 1. The monoisotopic (exact) mass is 283 g/mol. The molecule has 0 bridgehead atoms. The zero-order valence-electron chi connectivity index (χ0n) is 13.4. The van der Waals surface area contributed by atoms with Crippen LogP contribution >= 0.6 is 0 Å². The lowest BCUT2D eigenvalue weighted by Crippen LogP contribution is -2.43. The van der Waals surface area contributed by atoms with Crippen molar-refractivity contribution in [2.24, 2.45) is 5.92 Å². The Labute approximate surface area is 124 Å². The average molecular weight is 283 g/mol. The second kappa shape index (κ2) is 10.2. The molecule has 20 heavy (non-hydrogen) atoms. The number of piperidine rings is 1. The molecule has 1 heterocycles. The molecule has 1 N–H and O–H groups in total. The van der Waals surface area contributed by atoms with Crippen LogP contribution in [0.4, 0.5) is 0 Å². The topological polar surface area (TPSA) is 40.5 Å². The molecule has 118 valence electrons. The first-order valence-electron chi connectivity index (χ1n) is 8.62. The molecule has 0 radical (unpaired) electrons. The van der Waals surface area contributed by atoms with Gasteiger partial charge in [-0.1, -0.05) is 51.9 Å². The van der Waals surface area contributed by atoms with Gasteiger partial charge in [0.05, 0.1) is 5.92 Å². The van der Waals surface area contributed by atoms with Crippen LogP contribution in [-0.4, -0.2) is 35.1 Å². The lowest BCUT2D eigenvalue weighted by Gasteiger charge is -2.36. The Morgan fingerprint density at radius 2 is 1.70 bits per heavy atom. The summed E-state index contributed by atoms with van der Waals surface area (Å²) in [7, 11) is 0. The summed E-state index contributed by atoms with van der Waals surface area (Å²) >= 11 is 0. The summed E-state index contributed by atoms with van der Waals surface area (Å²) in [4.78, 5) is 13.5. The number of carbonyl (C=O) groups is 1. The summed E-state index contributed by atoms with van der Waals surface area (Å²) in [6, 6.07) is 0.439. The van der Waals surface area contributed by atoms with E-state index in [-0.39, 0.29) is 5.92 Å². The van der Waals surface area contributed by atoms with E-state index in [1.165, 1.54) is 51.4 Å². The highest BCUT2D eigenvalue weighted by molar-refractivity contribution is 5.70. The summed E-state index contributed by atoms with van der Waals surface area (Å²) in [5.41, 5.74) is 0. The van der Waals surface area contributed by atoms with Crippen LogP contribution in [0.15, 0.2) is 0 Å². The van der Waals surface area contributed by atoms with E-state index in [2.05, 4.69) is 18.7 Å². The highest BCUT2D eigenvalue weighted by Crippen LogP contribution is 2.23. The molecule has 3 nitrogen and oxygen atoms in total. The number of carboxylic acids is 1. The molecule has 2 atom stereocenters. The SMILES string of the molecule is CCCCCCCCCCN1CCC(C(=O)O)CC1C. The van der Waals surface area contributed by atoms with Crippen LogP contribution in [0.1, 0.15) is 78.1 Å². The Morgan fingerprint density at radius 1 is 1.10 bits per heavy atom. The van der Waals surface area contributed by atoms with Crippen molar-refractivity contribution in [3.8, 4) is 0 Å². The van der Waals surface area contributed by atoms with Crippen molar-refractivity contribution in [3.05, 3.63) is 0 Å². The normalized spacial score (nSPS) is 23.9. The summed E-state index contributed by atoms with van der Waals surface area (Å²) in [6.07, 6.45) is 12.5. The molecule has 1 aliphatic heterocycles. The molecular weight excluding hydrogens is 250 g/mol. The number of hydrogen-bond donors (Lipinski definition) is 1. The van der Waals surface area contributed by atoms with Gasteiger partial charge in [-0.3, -0.25) is 4.79 Å². The minimum Gasteiger partial charge on any atom is -0.481 e. The predicted molar refractivity (Wildman–Crippen MR) is 84.0 cm³/mol. The molecule has 2 unspecified atom stereocenters. The Kier molecular flexibility index (Phi) is 8.92. The third-order valence-electron chi connectivity index (χ3n) is 4.66. The van der Waals surface area contributed by atoms with Crippen molar-refractivity contribution in [1.82, 2.24) is 4.90 Å². The van der Waals surface area contributed by atoms with Crippen molar-refractivity contribution >= 4 is 5.97 Å². The molecule has 1 rings (SSSR count). The molecule has 1 aliphatic rings. The summed E-state index contributed by atoms with van der Waals surface area (Å²) in [5, 5.41) is 9.06. The van der Waals surface area contributed by atoms with E-state index in [1.807, 2.05) is 0 Å². The van der Waals surface area contributed by atoms with Crippen LogP contribution in [0.5, 0.6) is 0 Å². The quantitative estimate of drug-likeness (QED) is 0.607. The molecular formula is C17H33NO2. The van der Waals surface area contributed by atoms with Crippen LogP contribution in [0.2, 0.25) is 0 Å². The number of unbranched alkanes of at least 4 members (excludes halogenated alkanes) is 7. The zero-order chi connectivity index (χ0) is 14.8. The maximum absolute atomic E-state index is 11.0. The third kappa shape index (κ3) is 6.74. The Hall–Kier alpha value is -0.570. The van der Waals surface area contributed by atoms with Gasteiger partial charge in [0.1, 0.15) is 0 Å². The average Bonchev–Trinajstić information content (AvgIpc) is 2.43. The van der Waals surface area contributed by atoms with Gasteiger partial charge in [-0.2, -0.15) is 0 Å². The molecule has 0 spiro atoms. The highest BCUT2D eigenvalue weighted by Gasteiger charge is 2.28. The van der Waals surface area contributed by atoms with Gasteiger partial charge in [0, 0.05) is 6.04 Å². The fraction of sp³-hybridized carbons (Fsp3) is 0.941. The molecule has 3 heteroatoms. The number of likely N-dealkylation sites (tertiary alicyclic amines) is 1.